The number of carbonyl (C=O) groups excluding carboxylic acids is 2. The summed E-state index contributed by atoms with van der Waals surface area (Å²) in [7, 11) is 1.56. The Morgan fingerprint density at radius 3 is 2.71 bits per heavy atom. The van der Waals surface area contributed by atoms with Crippen molar-refractivity contribution in [1.82, 2.24) is 10.9 Å². The van der Waals surface area contributed by atoms with Crippen molar-refractivity contribution in [1.29, 1.82) is 0 Å². The first kappa shape index (κ1) is 19.2. The van der Waals surface area contributed by atoms with Gasteiger partial charge >= 0.3 is 0 Å². The summed E-state index contributed by atoms with van der Waals surface area (Å²) < 4.78 is 0. The van der Waals surface area contributed by atoms with Crippen molar-refractivity contribution in [3.63, 3.8) is 0 Å². The van der Waals surface area contributed by atoms with Gasteiger partial charge in [-0.3, -0.25) is 30.6 Å². The Morgan fingerprint density at radius 1 is 1.18 bits per heavy atom. The highest BCUT2D eigenvalue weighted by molar-refractivity contribution is 5.97. The van der Waals surface area contributed by atoms with Crippen molar-refractivity contribution in [2.75, 3.05) is 30.4 Å². The normalized spacial score (nSPS) is 12.7. The van der Waals surface area contributed by atoms with Crippen molar-refractivity contribution in [3.05, 3.63) is 63.7 Å². The molecule has 146 valence electrons. The molecule has 3 N–H and O–H groups in total. The summed E-state index contributed by atoms with van der Waals surface area (Å²) in [5, 5.41) is 13.8. The van der Waals surface area contributed by atoms with Gasteiger partial charge in [0.1, 0.15) is 5.69 Å². The third-order valence-corrected chi connectivity index (χ3v) is 4.58. The Hall–Kier alpha value is -3.62. The van der Waals surface area contributed by atoms with Gasteiger partial charge in [0.15, 0.2) is 0 Å². The maximum Gasteiger partial charge on any atom is 0.293 e. The molecule has 0 aromatic heterocycles. The second kappa shape index (κ2) is 8.38. The minimum atomic E-state index is -0.627. The van der Waals surface area contributed by atoms with Gasteiger partial charge in [-0.1, -0.05) is 18.2 Å². The number of amides is 2. The predicted octanol–water partition coefficient (Wildman–Crippen LogP) is 1.85. The lowest BCUT2D eigenvalue weighted by molar-refractivity contribution is -0.384. The van der Waals surface area contributed by atoms with Crippen LogP contribution in [0.2, 0.25) is 0 Å². The molecule has 9 nitrogen and oxygen atoms in total. The monoisotopic (exact) mass is 383 g/mol. The van der Waals surface area contributed by atoms with Gasteiger partial charge in [0.2, 0.25) is 0 Å². The van der Waals surface area contributed by atoms with Crippen LogP contribution >= 0.6 is 0 Å². The number of benzene rings is 2. The van der Waals surface area contributed by atoms with E-state index >= 15 is 0 Å². The minimum absolute atomic E-state index is 0.0781. The van der Waals surface area contributed by atoms with Crippen molar-refractivity contribution >= 4 is 28.9 Å². The van der Waals surface area contributed by atoms with Crippen LogP contribution in [-0.4, -0.2) is 36.9 Å². The zero-order valence-corrected chi connectivity index (χ0v) is 15.4. The number of nitrogens with one attached hydrogen (secondary N) is 3. The standard InChI is InChI=1S/C19H21N5O4/c1-20-15-9-8-14(11-17(15)24(27)28)19(26)22-21-18(25)12-23-10-4-6-13-5-2-3-7-16(13)23/h2-3,5,7-9,11,20H,4,6,10,12H2,1H3,(H,21,25)(H,22,26). The number of para-hydroxylation sites is 1. The van der Waals surface area contributed by atoms with Crippen LogP contribution in [0.3, 0.4) is 0 Å². The van der Waals surface area contributed by atoms with E-state index in [-0.39, 0.29) is 23.7 Å². The van der Waals surface area contributed by atoms with Crippen LogP contribution in [0.4, 0.5) is 17.1 Å². The quantitative estimate of drug-likeness (QED) is 0.536. The third-order valence-electron chi connectivity index (χ3n) is 4.58. The fourth-order valence-corrected chi connectivity index (χ4v) is 3.22. The Kier molecular flexibility index (Phi) is 5.73. The highest BCUT2D eigenvalue weighted by Crippen LogP contribution is 2.26. The molecule has 2 aromatic carbocycles. The van der Waals surface area contributed by atoms with E-state index in [1.165, 1.54) is 17.7 Å². The predicted molar refractivity (Wildman–Crippen MR) is 105 cm³/mol. The van der Waals surface area contributed by atoms with Crippen LogP contribution in [0.1, 0.15) is 22.3 Å². The number of hydrazine groups is 1. The lowest BCUT2D eigenvalue weighted by Crippen LogP contribution is -2.47. The minimum Gasteiger partial charge on any atom is -0.383 e. The molecule has 0 saturated heterocycles. The molecule has 1 aliphatic heterocycles. The number of nitro benzene ring substituents is 1. The molecule has 0 atom stereocenters. The van der Waals surface area contributed by atoms with Crippen LogP contribution in [0.15, 0.2) is 42.5 Å². The number of rotatable bonds is 5. The molecule has 0 bridgehead atoms. The molecule has 0 unspecified atom stereocenters. The fourth-order valence-electron chi connectivity index (χ4n) is 3.22. The van der Waals surface area contributed by atoms with Gasteiger partial charge in [0, 0.05) is 30.9 Å². The number of carbonyl (C=O) groups is 2. The van der Waals surface area contributed by atoms with Gasteiger partial charge in [-0.15, -0.1) is 0 Å². The zero-order valence-electron chi connectivity index (χ0n) is 15.4. The molecule has 2 amide bonds. The highest BCUT2D eigenvalue weighted by Gasteiger charge is 2.20. The van der Waals surface area contributed by atoms with Crippen molar-refractivity contribution in [2.24, 2.45) is 0 Å². The van der Waals surface area contributed by atoms with Crippen LogP contribution in [0, 0.1) is 10.1 Å². The molecule has 9 heteroatoms. The molecule has 2 aromatic rings. The maximum absolute atomic E-state index is 12.2. The molecule has 0 radical (unpaired) electrons. The number of nitro groups is 1. The molecule has 1 heterocycles. The Bertz CT molecular complexity index is 915. The molecule has 28 heavy (non-hydrogen) atoms. The Labute approximate surface area is 161 Å². The number of nitrogens with zero attached hydrogens (tertiary/aromatic N) is 2. The van der Waals surface area contributed by atoms with Gasteiger partial charge in [0.25, 0.3) is 17.5 Å². The summed E-state index contributed by atoms with van der Waals surface area (Å²) in [5.41, 5.74) is 7.06. The van der Waals surface area contributed by atoms with Crippen molar-refractivity contribution in [2.45, 2.75) is 12.8 Å². The largest absolute Gasteiger partial charge is 0.383 e. The van der Waals surface area contributed by atoms with E-state index in [4.69, 9.17) is 0 Å². The fraction of sp³-hybridized carbons (Fsp3) is 0.263. The van der Waals surface area contributed by atoms with Crippen LogP contribution < -0.4 is 21.1 Å². The molecular weight excluding hydrogens is 362 g/mol. The van der Waals surface area contributed by atoms with E-state index in [2.05, 4.69) is 16.2 Å². The summed E-state index contributed by atoms with van der Waals surface area (Å²) in [5.74, 6) is -0.996. The second-order valence-corrected chi connectivity index (χ2v) is 6.40. The van der Waals surface area contributed by atoms with Gasteiger partial charge < -0.3 is 10.2 Å². The van der Waals surface area contributed by atoms with Crippen molar-refractivity contribution < 1.29 is 14.5 Å². The van der Waals surface area contributed by atoms with Gasteiger partial charge in [-0.25, -0.2) is 0 Å². The smallest absolute Gasteiger partial charge is 0.293 e. The lowest BCUT2D eigenvalue weighted by Gasteiger charge is -2.30. The maximum atomic E-state index is 12.2. The van der Waals surface area contributed by atoms with Gasteiger partial charge in [-0.2, -0.15) is 0 Å². The number of anilines is 2. The first-order valence-electron chi connectivity index (χ1n) is 8.88. The summed E-state index contributed by atoms with van der Waals surface area (Å²) >= 11 is 0. The third kappa shape index (κ3) is 4.20. The summed E-state index contributed by atoms with van der Waals surface area (Å²) in [6, 6.07) is 12.0. The number of hydrogen-bond donors (Lipinski definition) is 3. The molecule has 3 rings (SSSR count). The summed E-state index contributed by atoms with van der Waals surface area (Å²) in [4.78, 5) is 37.0. The van der Waals surface area contributed by atoms with Gasteiger partial charge in [-0.05, 0) is 36.6 Å². The molecule has 0 aliphatic carbocycles. The van der Waals surface area contributed by atoms with E-state index in [9.17, 15) is 19.7 Å². The first-order chi connectivity index (χ1) is 13.5. The topological polar surface area (TPSA) is 117 Å². The van der Waals surface area contributed by atoms with Crippen LogP contribution in [0.25, 0.3) is 0 Å². The number of hydrogen-bond acceptors (Lipinski definition) is 6. The molecule has 0 spiro atoms. The van der Waals surface area contributed by atoms with E-state index in [0.29, 0.717) is 5.69 Å². The molecule has 0 saturated carbocycles. The van der Waals surface area contributed by atoms with E-state index in [1.54, 1.807) is 7.05 Å². The van der Waals surface area contributed by atoms with E-state index in [1.807, 2.05) is 29.2 Å². The van der Waals surface area contributed by atoms with E-state index in [0.717, 1.165) is 31.1 Å². The number of aryl methyl sites for hydroxylation is 1. The zero-order chi connectivity index (χ0) is 20.1. The van der Waals surface area contributed by atoms with Crippen molar-refractivity contribution in [3.8, 4) is 0 Å². The average Bonchev–Trinajstić information content (AvgIpc) is 2.71. The number of fused-ring (bicyclic) bond motifs is 1. The summed E-state index contributed by atoms with van der Waals surface area (Å²) in [6.07, 6.45) is 1.94. The molecular formula is C19H21N5O4. The SMILES string of the molecule is CNc1ccc(C(=O)NNC(=O)CN2CCCc3ccccc32)cc1[N+](=O)[O-]. The van der Waals surface area contributed by atoms with Crippen LogP contribution in [0.5, 0.6) is 0 Å². The van der Waals surface area contributed by atoms with Crippen LogP contribution in [-0.2, 0) is 11.2 Å². The Morgan fingerprint density at radius 2 is 1.96 bits per heavy atom. The average molecular weight is 383 g/mol. The lowest BCUT2D eigenvalue weighted by atomic mass is 10.0. The Balaban J connectivity index is 1.60. The van der Waals surface area contributed by atoms with E-state index < -0.39 is 10.8 Å². The second-order valence-electron chi connectivity index (χ2n) is 6.40. The highest BCUT2D eigenvalue weighted by atomic mass is 16.6. The molecule has 0 fully saturated rings. The first-order valence-corrected chi connectivity index (χ1v) is 8.88. The summed E-state index contributed by atoms with van der Waals surface area (Å²) in [6.45, 7) is 0.867. The van der Waals surface area contributed by atoms with Gasteiger partial charge in [0.05, 0.1) is 11.5 Å². The molecule has 1 aliphatic rings.